The molecule has 6 nitrogen and oxygen atoms in total. The van der Waals surface area contributed by atoms with Gasteiger partial charge in [-0.1, -0.05) is 0 Å². The normalized spacial score (nSPS) is 13.6. The monoisotopic (exact) mass is 285 g/mol. The number of aliphatic carboxylic acids is 1. The largest absolute Gasteiger partial charge is 0.481 e. The third-order valence-corrected chi connectivity index (χ3v) is 3.62. The molecule has 0 radical (unpaired) electrons. The van der Waals surface area contributed by atoms with Gasteiger partial charge in [-0.25, -0.2) is 9.78 Å². The molecule has 106 valence electrons. The van der Waals surface area contributed by atoms with Gasteiger partial charge in [0.25, 0.3) is 0 Å². The molecule has 1 aromatic rings. The predicted octanol–water partition coefficient (Wildman–Crippen LogP) is 2.07. The van der Waals surface area contributed by atoms with Crippen molar-refractivity contribution in [3.63, 3.8) is 0 Å². The Hall–Kier alpha value is -1.63. The number of hydrogen-bond acceptors (Lipinski definition) is 4. The molecule has 0 saturated heterocycles. The topological polar surface area (TPSA) is 91.3 Å². The molecule has 0 saturated carbocycles. The van der Waals surface area contributed by atoms with Crippen molar-refractivity contribution in [2.75, 3.05) is 0 Å². The fourth-order valence-corrected chi connectivity index (χ4v) is 2.28. The predicted molar refractivity (Wildman–Crippen MR) is 73.3 cm³/mol. The molecule has 0 bridgehead atoms. The van der Waals surface area contributed by atoms with Crippen molar-refractivity contribution < 1.29 is 14.7 Å². The van der Waals surface area contributed by atoms with Gasteiger partial charge in [-0.05, 0) is 27.2 Å². The van der Waals surface area contributed by atoms with Gasteiger partial charge < -0.3 is 15.7 Å². The van der Waals surface area contributed by atoms with Crippen LogP contribution in [0.15, 0.2) is 6.20 Å². The van der Waals surface area contributed by atoms with Gasteiger partial charge in [-0.2, -0.15) is 0 Å². The maximum absolute atomic E-state index is 11.7. The van der Waals surface area contributed by atoms with Crippen LogP contribution in [0.3, 0.4) is 0 Å². The third-order valence-electron chi connectivity index (χ3n) is 2.53. The second-order valence-corrected chi connectivity index (χ2v) is 5.75. The van der Waals surface area contributed by atoms with Gasteiger partial charge in [0.2, 0.25) is 0 Å². The van der Waals surface area contributed by atoms with Crippen molar-refractivity contribution in [2.24, 2.45) is 0 Å². The summed E-state index contributed by atoms with van der Waals surface area (Å²) in [5, 5.41) is 14.9. The Morgan fingerprint density at radius 3 is 2.63 bits per heavy atom. The van der Waals surface area contributed by atoms with Gasteiger partial charge in [-0.3, -0.25) is 4.79 Å². The SMILES string of the molecule is Cc1cnc(C(C)NC(=O)NC(C)CCC(=O)O)s1. The van der Waals surface area contributed by atoms with E-state index in [-0.39, 0.29) is 24.5 Å². The lowest BCUT2D eigenvalue weighted by atomic mass is 10.2. The summed E-state index contributed by atoms with van der Waals surface area (Å²) in [5.41, 5.74) is 0. The molecule has 1 aromatic heterocycles. The minimum atomic E-state index is -0.860. The van der Waals surface area contributed by atoms with E-state index in [1.54, 1.807) is 13.1 Å². The van der Waals surface area contributed by atoms with E-state index < -0.39 is 5.97 Å². The first-order valence-electron chi connectivity index (χ1n) is 6.09. The van der Waals surface area contributed by atoms with Crippen molar-refractivity contribution >= 4 is 23.3 Å². The Bertz CT molecular complexity index is 447. The van der Waals surface area contributed by atoms with E-state index in [9.17, 15) is 9.59 Å². The van der Waals surface area contributed by atoms with E-state index in [1.165, 1.54) is 11.3 Å². The molecular weight excluding hydrogens is 266 g/mol. The zero-order chi connectivity index (χ0) is 14.4. The van der Waals surface area contributed by atoms with Crippen molar-refractivity contribution in [1.29, 1.82) is 0 Å². The van der Waals surface area contributed by atoms with E-state index in [0.717, 1.165) is 9.88 Å². The zero-order valence-electron chi connectivity index (χ0n) is 11.3. The van der Waals surface area contributed by atoms with Gasteiger partial charge in [0, 0.05) is 23.5 Å². The highest BCUT2D eigenvalue weighted by Crippen LogP contribution is 2.18. The maximum Gasteiger partial charge on any atom is 0.315 e. The Labute approximate surface area is 116 Å². The van der Waals surface area contributed by atoms with Gasteiger partial charge >= 0.3 is 12.0 Å². The highest BCUT2D eigenvalue weighted by atomic mass is 32.1. The van der Waals surface area contributed by atoms with Crippen LogP contribution in [0.25, 0.3) is 0 Å². The summed E-state index contributed by atoms with van der Waals surface area (Å²) in [5.74, 6) is -0.860. The lowest BCUT2D eigenvalue weighted by Gasteiger charge is -2.16. The van der Waals surface area contributed by atoms with Crippen LogP contribution < -0.4 is 10.6 Å². The highest BCUT2D eigenvalue weighted by molar-refractivity contribution is 7.11. The number of aryl methyl sites for hydroxylation is 1. The van der Waals surface area contributed by atoms with Crippen LogP contribution >= 0.6 is 11.3 Å². The number of thiazole rings is 1. The Kier molecular flexibility index (Phi) is 5.75. The molecule has 0 aliphatic rings. The van der Waals surface area contributed by atoms with E-state index in [1.807, 2.05) is 13.8 Å². The quantitative estimate of drug-likeness (QED) is 0.746. The summed E-state index contributed by atoms with van der Waals surface area (Å²) < 4.78 is 0. The Balaban J connectivity index is 2.36. The molecule has 3 N–H and O–H groups in total. The van der Waals surface area contributed by atoms with Crippen LogP contribution in [-0.2, 0) is 4.79 Å². The van der Waals surface area contributed by atoms with E-state index in [4.69, 9.17) is 5.11 Å². The molecule has 0 aliphatic carbocycles. The maximum atomic E-state index is 11.7. The number of carbonyl (C=O) groups is 2. The first kappa shape index (κ1) is 15.4. The number of aromatic nitrogens is 1. The number of carboxylic acid groups (broad SMARTS) is 1. The lowest BCUT2D eigenvalue weighted by Crippen LogP contribution is -2.41. The third kappa shape index (κ3) is 5.69. The van der Waals surface area contributed by atoms with Crippen LogP contribution in [0.4, 0.5) is 4.79 Å². The molecule has 0 aliphatic heterocycles. The van der Waals surface area contributed by atoms with Gasteiger partial charge in [0.15, 0.2) is 0 Å². The van der Waals surface area contributed by atoms with Crippen molar-refractivity contribution in [3.05, 3.63) is 16.1 Å². The molecule has 2 amide bonds. The summed E-state index contributed by atoms with van der Waals surface area (Å²) >= 11 is 1.54. The highest BCUT2D eigenvalue weighted by Gasteiger charge is 2.14. The van der Waals surface area contributed by atoms with Crippen LogP contribution in [0, 0.1) is 6.92 Å². The number of rotatable bonds is 6. The van der Waals surface area contributed by atoms with Crippen molar-refractivity contribution in [1.82, 2.24) is 15.6 Å². The minimum absolute atomic E-state index is 0.0443. The zero-order valence-corrected chi connectivity index (χ0v) is 12.1. The smallest absolute Gasteiger partial charge is 0.315 e. The van der Waals surface area contributed by atoms with Gasteiger partial charge in [0.05, 0.1) is 6.04 Å². The second-order valence-electron chi connectivity index (χ2n) is 4.48. The summed E-state index contributed by atoms with van der Waals surface area (Å²) in [6.07, 6.45) is 2.22. The minimum Gasteiger partial charge on any atom is -0.481 e. The number of carbonyl (C=O) groups excluding carboxylic acids is 1. The first-order chi connectivity index (χ1) is 8.88. The van der Waals surface area contributed by atoms with E-state index in [0.29, 0.717) is 6.42 Å². The molecule has 1 rings (SSSR count). The van der Waals surface area contributed by atoms with Gasteiger partial charge in [0.1, 0.15) is 5.01 Å². The number of urea groups is 1. The first-order valence-corrected chi connectivity index (χ1v) is 6.91. The fourth-order valence-electron chi connectivity index (χ4n) is 1.51. The fraction of sp³-hybridized carbons (Fsp3) is 0.583. The van der Waals surface area contributed by atoms with Crippen LogP contribution in [0.5, 0.6) is 0 Å². The van der Waals surface area contributed by atoms with Crippen molar-refractivity contribution in [3.8, 4) is 0 Å². The van der Waals surface area contributed by atoms with Crippen LogP contribution in [-0.4, -0.2) is 28.1 Å². The second kappa shape index (κ2) is 7.08. The number of nitrogens with zero attached hydrogens (tertiary/aromatic N) is 1. The Morgan fingerprint density at radius 2 is 2.11 bits per heavy atom. The number of carboxylic acids is 1. The number of hydrogen-bond donors (Lipinski definition) is 3. The Morgan fingerprint density at radius 1 is 1.42 bits per heavy atom. The molecule has 2 atom stereocenters. The van der Waals surface area contributed by atoms with E-state index >= 15 is 0 Å². The summed E-state index contributed by atoms with van der Waals surface area (Å²) in [6, 6.07) is -0.648. The van der Waals surface area contributed by atoms with Gasteiger partial charge in [-0.15, -0.1) is 11.3 Å². The van der Waals surface area contributed by atoms with Crippen molar-refractivity contribution in [2.45, 2.75) is 45.7 Å². The molecule has 0 spiro atoms. The van der Waals surface area contributed by atoms with E-state index in [2.05, 4.69) is 15.6 Å². The molecule has 1 heterocycles. The number of nitrogens with one attached hydrogen (secondary N) is 2. The van der Waals surface area contributed by atoms with Crippen LogP contribution in [0.1, 0.15) is 42.6 Å². The summed E-state index contributed by atoms with van der Waals surface area (Å²) in [7, 11) is 0. The summed E-state index contributed by atoms with van der Waals surface area (Å²) in [6.45, 7) is 5.60. The lowest BCUT2D eigenvalue weighted by molar-refractivity contribution is -0.137. The molecular formula is C12H19N3O3S. The molecule has 2 unspecified atom stereocenters. The molecule has 7 heteroatoms. The number of amides is 2. The summed E-state index contributed by atoms with van der Waals surface area (Å²) in [4.78, 5) is 27.4. The van der Waals surface area contributed by atoms with Crippen LogP contribution in [0.2, 0.25) is 0 Å². The standard InChI is InChI=1S/C12H19N3O3S/c1-7(4-5-10(16)17)14-12(18)15-9(3)11-13-6-8(2)19-11/h6-7,9H,4-5H2,1-3H3,(H,16,17)(H2,14,15,18). The molecule has 0 fully saturated rings. The molecule has 0 aromatic carbocycles. The average Bonchev–Trinajstić information content (AvgIpc) is 2.73. The average molecular weight is 285 g/mol. The molecule has 19 heavy (non-hydrogen) atoms.